The SMILES string of the molecule is C[C@@H]1C[C@@H](C)CN(C(=O)CSc2nnnn2-c2ccc(Cl)cc2)C1. The van der Waals surface area contributed by atoms with Gasteiger partial charge in [0.1, 0.15) is 0 Å². The van der Waals surface area contributed by atoms with Crippen LogP contribution in [0.2, 0.25) is 5.02 Å². The van der Waals surface area contributed by atoms with Gasteiger partial charge in [0, 0.05) is 18.1 Å². The Morgan fingerprint density at radius 2 is 1.92 bits per heavy atom. The van der Waals surface area contributed by atoms with E-state index in [4.69, 9.17) is 11.6 Å². The number of carbonyl (C=O) groups excluding carboxylic acids is 1. The van der Waals surface area contributed by atoms with Gasteiger partial charge in [0.15, 0.2) is 0 Å². The van der Waals surface area contributed by atoms with E-state index in [1.54, 1.807) is 16.8 Å². The number of tetrazole rings is 1. The number of piperidine rings is 1. The molecule has 1 aliphatic rings. The van der Waals surface area contributed by atoms with Crippen molar-refractivity contribution in [1.29, 1.82) is 0 Å². The lowest BCUT2D eigenvalue weighted by molar-refractivity contribution is -0.130. The predicted molar refractivity (Wildman–Crippen MR) is 94.4 cm³/mol. The highest BCUT2D eigenvalue weighted by Crippen LogP contribution is 2.24. The molecule has 0 bridgehead atoms. The quantitative estimate of drug-likeness (QED) is 0.779. The minimum atomic E-state index is 0.143. The van der Waals surface area contributed by atoms with Gasteiger partial charge < -0.3 is 4.90 Å². The lowest BCUT2D eigenvalue weighted by Gasteiger charge is -2.34. The fourth-order valence-electron chi connectivity index (χ4n) is 3.10. The molecule has 1 fully saturated rings. The van der Waals surface area contributed by atoms with Crippen molar-refractivity contribution in [2.24, 2.45) is 11.8 Å². The van der Waals surface area contributed by atoms with Crippen LogP contribution in [0.4, 0.5) is 0 Å². The van der Waals surface area contributed by atoms with Gasteiger partial charge in [0.05, 0.1) is 11.4 Å². The predicted octanol–water partition coefficient (Wildman–Crippen LogP) is 2.91. The van der Waals surface area contributed by atoms with Crippen LogP contribution < -0.4 is 0 Å². The highest BCUT2D eigenvalue weighted by molar-refractivity contribution is 7.99. The van der Waals surface area contributed by atoms with Crippen LogP contribution >= 0.6 is 23.4 Å². The summed E-state index contributed by atoms with van der Waals surface area (Å²) in [5.74, 6) is 1.60. The summed E-state index contributed by atoms with van der Waals surface area (Å²) in [6.45, 7) is 6.08. The fraction of sp³-hybridized carbons (Fsp3) is 0.500. The zero-order valence-electron chi connectivity index (χ0n) is 13.7. The highest BCUT2D eigenvalue weighted by Gasteiger charge is 2.25. The summed E-state index contributed by atoms with van der Waals surface area (Å²) in [5, 5.41) is 13.0. The van der Waals surface area contributed by atoms with E-state index in [0.717, 1.165) is 18.8 Å². The van der Waals surface area contributed by atoms with E-state index in [9.17, 15) is 4.79 Å². The zero-order valence-corrected chi connectivity index (χ0v) is 15.3. The van der Waals surface area contributed by atoms with Gasteiger partial charge in [0.2, 0.25) is 11.1 Å². The van der Waals surface area contributed by atoms with E-state index in [0.29, 0.717) is 27.8 Å². The van der Waals surface area contributed by atoms with Crippen molar-refractivity contribution in [3.8, 4) is 5.69 Å². The molecular formula is C16H20ClN5OS. The second-order valence-corrected chi connectivity index (χ2v) is 7.76. The summed E-state index contributed by atoms with van der Waals surface area (Å²) >= 11 is 7.27. The number of hydrogen-bond donors (Lipinski definition) is 0. The van der Waals surface area contributed by atoms with E-state index in [2.05, 4.69) is 29.4 Å². The molecule has 1 aromatic heterocycles. The number of hydrogen-bond acceptors (Lipinski definition) is 5. The van der Waals surface area contributed by atoms with E-state index in [1.165, 1.54) is 18.2 Å². The Morgan fingerprint density at radius 1 is 1.25 bits per heavy atom. The van der Waals surface area contributed by atoms with E-state index in [1.807, 2.05) is 17.0 Å². The molecule has 24 heavy (non-hydrogen) atoms. The summed E-state index contributed by atoms with van der Waals surface area (Å²) < 4.78 is 1.62. The molecule has 1 saturated heterocycles. The first-order valence-electron chi connectivity index (χ1n) is 7.98. The van der Waals surface area contributed by atoms with Gasteiger partial charge in [-0.1, -0.05) is 37.2 Å². The molecule has 0 spiro atoms. The highest BCUT2D eigenvalue weighted by atomic mass is 35.5. The Balaban J connectivity index is 1.64. The largest absolute Gasteiger partial charge is 0.341 e. The van der Waals surface area contributed by atoms with Crippen molar-refractivity contribution in [3.05, 3.63) is 29.3 Å². The van der Waals surface area contributed by atoms with Gasteiger partial charge in [0.25, 0.3) is 0 Å². The maximum Gasteiger partial charge on any atom is 0.233 e. The molecule has 1 aromatic carbocycles. The third kappa shape index (κ3) is 4.08. The Labute approximate surface area is 150 Å². The number of likely N-dealkylation sites (tertiary alicyclic amines) is 1. The molecular weight excluding hydrogens is 346 g/mol. The molecule has 0 saturated carbocycles. The molecule has 6 nitrogen and oxygen atoms in total. The molecule has 2 atom stereocenters. The Hall–Kier alpha value is -1.60. The molecule has 3 rings (SSSR count). The summed E-state index contributed by atoms with van der Waals surface area (Å²) in [7, 11) is 0. The summed E-state index contributed by atoms with van der Waals surface area (Å²) in [5.41, 5.74) is 0.819. The zero-order chi connectivity index (χ0) is 17.1. The Kier molecular flexibility index (Phi) is 5.40. The molecule has 2 aromatic rings. The normalized spacial score (nSPS) is 21.0. The molecule has 0 aliphatic carbocycles. The lowest BCUT2D eigenvalue weighted by Crippen LogP contribution is -2.43. The summed E-state index contributed by atoms with van der Waals surface area (Å²) in [6.07, 6.45) is 1.19. The average molecular weight is 366 g/mol. The van der Waals surface area contributed by atoms with Crippen molar-refractivity contribution in [1.82, 2.24) is 25.1 Å². The molecule has 0 radical (unpaired) electrons. The number of rotatable bonds is 4. The third-order valence-corrected chi connectivity index (χ3v) is 5.21. The van der Waals surface area contributed by atoms with Crippen LogP contribution in [-0.2, 0) is 4.79 Å². The van der Waals surface area contributed by atoms with Crippen LogP contribution in [0.5, 0.6) is 0 Å². The number of aromatic nitrogens is 4. The van der Waals surface area contributed by atoms with Crippen LogP contribution in [0.25, 0.3) is 5.69 Å². The fourth-order valence-corrected chi connectivity index (χ4v) is 4.02. The summed E-state index contributed by atoms with van der Waals surface area (Å²) in [6, 6.07) is 7.26. The maximum absolute atomic E-state index is 12.5. The first-order valence-corrected chi connectivity index (χ1v) is 9.34. The third-order valence-electron chi connectivity index (χ3n) is 4.06. The Morgan fingerprint density at radius 3 is 2.58 bits per heavy atom. The molecule has 0 unspecified atom stereocenters. The lowest BCUT2D eigenvalue weighted by atomic mass is 9.92. The van der Waals surface area contributed by atoms with Gasteiger partial charge in [-0.2, -0.15) is 4.68 Å². The van der Waals surface area contributed by atoms with Crippen molar-refractivity contribution >= 4 is 29.3 Å². The average Bonchev–Trinajstić information content (AvgIpc) is 3.01. The molecule has 1 aliphatic heterocycles. The van der Waals surface area contributed by atoms with Crippen molar-refractivity contribution in [3.63, 3.8) is 0 Å². The van der Waals surface area contributed by atoms with Crippen molar-refractivity contribution < 1.29 is 4.79 Å². The number of amides is 1. The second kappa shape index (κ2) is 7.53. The summed E-state index contributed by atoms with van der Waals surface area (Å²) in [4.78, 5) is 14.4. The maximum atomic E-state index is 12.5. The minimum Gasteiger partial charge on any atom is -0.341 e. The van der Waals surface area contributed by atoms with Crippen LogP contribution in [-0.4, -0.2) is 49.9 Å². The first-order chi connectivity index (χ1) is 11.5. The number of nitrogens with zero attached hydrogens (tertiary/aromatic N) is 5. The van der Waals surface area contributed by atoms with E-state index < -0.39 is 0 Å². The number of benzene rings is 1. The molecule has 2 heterocycles. The molecule has 1 amide bonds. The van der Waals surface area contributed by atoms with Crippen LogP contribution in [0, 0.1) is 11.8 Å². The molecule has 128 valence electrons. The van der Waals surface area contributed by atoms with Gasteiger partial charge >= 0.3 is 0 Å². The number of carbonyl (C=O) groups is 1. The van der Waals surface area contributed by atoms with Crippen LogP contribution in [0.1, 0.15) is 20.3 Å². The standard InChI is InChI=1S/C16H20ClN5OS/c1-11-7-12(2)9-21(8-11)15(23)10-24-16-18-19-20-22(16)14-5-3-13(17)4-6-14/h3-6,11-12H,7-10H2,1-2H3/t11-,12-/m1/s1. The number of halogens is 1. The first kappa shape index (κ1) is 17.2. The molecule has 0 N–H and O–H groups in total. The smallest absolute Gasteiger partial charge is 0.233 e. The van der Waals surface area contributed by atoms with E-state index >= 15 is 0 Å². The van der Waals surface area contributed by atoms with Gasteiger partial charge in [-0.05, 0) is 52.9 Å². The van der Waals surface area contributed by atoms with Gasteiger partial charge in [-0.25, -0.2) is 0 Å². The molecule has 8 heteroatoms. The van der Waals surface area contributed by atoms with Gasteiger partial charge in [-0.3, -0.25) is 4.79 Å². The Bertz CT molecular complexity index is 695. The van der Waals surface area contributed by atoms with Gasteiger partial charge in [-0.15, -0.1) is 5.10 Å². The topological polar surface area (TPSA) is 63.9 Å². The minimum absolute atomic E-state index is 0.143. The monoisotopic (exact) mass is 365 g/mol. The second-order valence-electron chi connectivity index (χ2n) is 6.38. The van der Waals surface area contributed by atoms with Crippen molar-refractivity contribution in [2.45, 2.75) is 25.4 Å². The van der Waals surface area contributed by atoms with Crippen molar-refractivity contribution in [2.75, 3.05) is 18.8 Å². The van der Waals surface area contributed by atoms with Crippen LogP contribution in [0.15, 0.2) is 29.4 Å². The number of thioether (sulfide) groups is 1. The van der Waals surface area contributed by atoms with E-state index in [-0.39, 0.29) is 5.91 Å². The van der Waals surface area contributed by atoms with Crippen LogP contribution in [0.3, 0.4) is 0 Å².